The zero-order chi connectivity index (χ0) is 49.9. The van der Waals surface area contributed by atoms with E-state index in [0.717, 1.165) is 109 Å². The maximum atomic E-state index is 12.8. The van der Waals surface area contributed by atoms with Gasteiger partial charge in [-0.2, -0.15) is 0 Å². The van der Waals surface area contributed by atoms with E-state index in [1.165, 1.54) is 83.5 Å². The molecule has 0 saturated heterocycles. The molecule has 12 heteroatoms. The summed E-state index contributed by atoms with van der Waals surface area (Å²) in [6.45, 7) is 4.56. The summed E-state index contributed by atoms with van der Waals surface area (Å²) in [7, 11) is -4.74. The number of rotatable bonds is 51. The fourth-order valence-corrected chi connectivity index (χ4v) is 8.26. The number of aliphatic hydroxyl groups excluding tert-OH is 1. The largest absolute Gasteiger partial charge is 0.472 e. The van der Waals surface area contributed by atoms with Crippen molar-refractivity contribution in [3.8, 4) is 0 Å². The number of carbonyl (C=O) groups excluding carboxylic acids is 3. The monoisotopic (exact) mass is 981 g/mol. The number of ether oxygens (including phenoxy) is 3. The maximum Gasteiger partial charge on any atom is 0.472 e. The number of allylic oxidation sites excluding steroid dienone is 8. The van der Waals surface area contributed by atoms with Gasteiger partial charge in [-0.05, 0) is 83.5 Å². The lowest BCUT2D eigenvalue weighted by molar-refractivity contribution is -0.161. The Kier molecular flexibility index (Phi) is 48.9. The van der Waals surface area contributed by atoms with Crippen LogP contribution in [0.5, 0.6) is 0 Å². The highest BCUT2D eigenvalue weighted by molar-refractivity contribution is 7.47. The van der Waals surface area contributed by atoms with Crippen molar-refractivity contribution in [1.29, 1.82) is 0 Å². The Balaban J connectivity index is 4.72. The molecule has 68 heavy (non-hydrogen) atoms. The van der Waals surface area contributed by atoms with E-state index >= 15 is 0 Å². The Morgan fingerprint density at radius 3 is 1.16 bits per heavy atom. The topological polar surface area (TPSA) is 155 Å². The van der Waals surface area contributed by atoms with Crippen LogP contribution < -0.4 is 0 Å². The molecule has 0 aliphatic heterocycles. The van der Waals surface area contributed by atoms with Gasteiger partial charge in [0.1, 0.15) is 12.7 Å². The van der Waals surface area contributed by atoms with Crippen LogP contribution in [0.1, 0.15) is 252 Å². The Morgan fingerprint density at radius 1 is 0.412 bits per heavy atom. The molecule has 0 aromatic rings. The summed E-state index contributed by atoms with van der Waals surface area (Å²) in [4.78, 5) is 48.3. The molecule has 3 atom stereocenters. The Hall–Kier alpha value is -2.56. The summed E-state index contributed by atoms with van der Waals surface area (Å²) < 4.78 is 39.3. The minimum atomic E-state index is -4.74. The molecule has 0 rings (SSSR count). The summed E-state index contributed by atoms with van der Waals surface area (Å²) in [6, 6.07) is 0. The summed E-state index contributed by atoms with van der Waals surface area (Å²) in [5.74, 6) is -1.48. The number of esters is 3. The molecule has 11 nitrogen and oxygen atoms in total. The molecule has 396 valence electrons. The molecule has 2 N–H and O–H groups in total. The maximum absolute atomic E-state index is 12.8. The first-order valence-corrected chi connectivity index (χ1v) is 29.0. The van der Waals surface area contributed by atoms with Crippen molar-refractivity contribution in [3.05, 3.63) is 48.6 Å². The molecule has 0 aliphatic rings. The molecule has 0 aliphatic carbocycles. The van der Waals surface area contributed by atoms with Crippen LogP contribution >= 0.6 is 7.82 Å². The van der Waals surface area contributed by atoms with Crippen molar-refractivity contribution in [3.63, 3.8) is 0 Å². The van der Waals surface area contributed by atoms with E-state index in [1.54, 1.807) is 0 Å². The molecular weight excluding hydrogens is 880 g/mol. The van der Waals surface area contributed by atoms with Crippen LogP contribution in [0.15, 0.2) is 48.6 Å². The summed E-state index contributed by atoms with van der Waals surface area (Å²) >= 11 is 0. The number of phosphoric acid groups is 1. The second-order valence-electron chi connectivity index (χ2n) is 18.4. The third-order valence-corrected chi connectivity index (χ3v) is 12.7. The first-order valence-electron chi connectivity index (χ1n) is 27.5. The van der Waals surface area contributed by atoms with Gasteiger partial charge >= 0.3 is 25.7 Å². The van der Waals surface area contributed by atoms with E-state index < -0.39 is 57.8 Å². The summed E-state index contributed by atoms with van der Waals surface area (Å²) in [5, 5.41) is 9.75. The molecule has 0 fully saturated rings. The van der Waals surface area contributed by atoms with Gasteiger partial charge in [0.25, 0.3) is 0 Å². The standard InChI is InChI=1S/C56H101O11P/c1-4-7-10-13-16-19-21-23-24-25-26-27-28-30-31-34-36-39-42-45-54(58)63-49-53(67-56(60)47-44-41-38-35-32-29-22-20-17-14-11-8-5-2)51-65-68(61,62)64-50-52(48-57)66-55(59)46-43-40-37-33-18-15-12-9-6-3/h16,19-20,22-24,26-27,52-53,57H,4-15,17-18,21,25,28-51H2,1-3H3,(H,61,62)/b19-16-,22-20-,24-23-,27-26-. The summed E-state index contributed by atoms with van der Waals surface area (Å²) in [5.41, 5.74) is 0. The average molecular weight is 981 g/mol. The second-order valence-corrected chi connectivity index (χ2v) is 19.8. The van der Waals surface area contributed by atoms with Crippen molar-refractivity contribution < 1.29 is 52.2 Å². The normalized spacial score (nSPS) is 13.8. The van der Waals surface area contributed by atoms with Gasteiger partial charge in [0.2, 0.25) is 0 Å². The fraction of sp³-hybridized carbons (Fsp3) is 0.804. The third-order valence-electron chi connectivity index (χ3n) is 11.7. The first kappa shape index (κ1) is 65.4. The highest BCUT2D eigenvalue weighted by Gasteiger charge is 2.28. The quantitative estimate of drug-likeness (QED) is 0.0197. The van der Waals surface area contributed by atoms with Crippen LogP contribution in [0, 0.1) is 0 Å². The predicted molar refractivity (Wildman–Crippen MR) is 279 cm³/mol. The highest BCUT2D eigenvalue weighted by atomic mass is 31.2. The average Bonchev–Trinajstić information content (AvgIpc) is 3.32. The van der Waals surface area contributed by atoms with Crippen molar-refractivity contribution in [1.82, 2.24) is 0 Å². The van der Waals surface area contributed by atoms with E-state index in [0.29, 0.717) is 19.3 Å². The number of hydrogen-bond acceptors (Lipinski definition) is 10. The van der Waals surface area contributed by atoms with Crippen LogP contribution in [0.3, 0.4) is 0 Å². The van der Waals surface area contributed by atoms with Crippen molar-refractivity contribution in [2.75, 3.05) is 26.4 Å². The molecular formula is C56H101O11P. The third kappa shape index (κ3) is 48.5. The van der Waals surface area contributed by atoms with Crippen LogP contribution in [0.25, 0.3) is 0 Å². The van der Waals surface area contributed by atoms with E-state index in [9.17, 15) is 28.9 Å². The number of phosphoric ester groups is 1. The van der Waals surface area contributed by atoms with Crippen LogP contribution in [0.4, 0.5) is 0 Å². The van der Waals surface area contributed by atoms with Crippen LogP contribution in [-0.2, 0) is 42.2 Å². The van der Waals surface area contributed by atoms with E-state index in [4.69, 9.17) is 23.3 Å². The molecule has 0 bridgehead atoms. The fourth-order valence-electron chi connectivity index (χ4n) is 7.47. The van der Waals surface area contributed by atoms with Gasteiger partial charge in [0.05, 0.1) is 19.8 Å². The van der Waals surface area contributed by atoms with Gasteiger partial charge < -0.3 is 24.2 Å². The Bertz CT molecular complexity index is 1330. The Morgan fingerprint density at radius 2 is 0.721 bits per heavy atom. The lowest BCUT2D eigenvalue weighted by atomic mass is 10.1. The summed E-state index contributed by atoms with van der Waals surface area (Å²) in [6.07, 6.45) is 52.2. The SMILES string of the molecule is CCCCC/C=C\C/C=C\C/C=C\CCCCCCCCC(=O)OCC(COP(=O)(O)OCC(CO)OC(=O)CCCCCCCCCCC)OC(=O)CCCCCCC/C=C\CCCCCC. The lowest BCUT2D eigenvalue weighted by Gasteiger charge is -2.21. The minimum Gasteiger partial charge on any atom is -0.462 e. The zero-order valence-electron chi connectivity index (χ0n) is 43.6. The lowest BCUT2D eigenvalue weighted by Crippen LogP contribution is -2.30. The van der Waals surface area contributed by atoms with Crippen LogP contribution in [0.2, 0.25) is 0 Å². The molecule has 0 heterocycles. The van der Waals surface area contributed by atoms with Crippen molar-refractivity contribution in [2.24, 2.45) is 0 Å². The number of aliphatic hydroxyl groups is 1. The minimum absolute atomic E-state index is 0.156. The van der Waals surface area contributed by atoms with Gasteiger partial charge in [-0.15, -0.1) is 0 Å². The molecule has 0 spiro atoms. The van der Waals surface area contributed by atoms with Gasteiger partial charge in [0.15, 0.2) is 6.10 Å². The molecule has 0 saturated carbocycles. The smallest absolute Gasteiger partial charge is 0.462 e. The van der Waals surface area contributed by atoms with Gasteiger partial charge in [-0.25, -0.2) is 4.57 Å². The van der Waals surface area contributed by atoms with E-state index in [2.05, 4.69) is 69.4 Å². The van der Waals surface area contributed by atoms with Crippen molar-refractivity contribution in [2.45, 2.75) is 264 Å². The van der Waals surface area contributed by atoms with Gasteiger partial charge in [-0.3, -0.25) is 23.4 Å². The van der Waals surface area contributed by atoms with Gasteiger partial charge in [-0.1, -0.05) is 198 Å². The predicted octanol–water partition coefficient (Wildman–Crippen LogP) is 15.8. The second kappa shape index (κ2) is 50.8. The van der Waals surface area contributed by atoms with E-state index in [-0.39, 0.29) is 25.9 Å². The van der Waals surface area contributed by atoms with Crippen LogP contribution in [-0.4, -0.2) is 66.5 Å². The molecule has 0 radical (unpaired) electrons. The number of hydrogen-bond donors (Lipinski definition) is 2. The molecule has 0 amide bonds. The molecule has 3 unspecified atom stereocenters. The zero-order valence-corrected chi connectivity index (χ0v) is 44.5. The van der Waals surface area contributed by atoms with E-state index in [1.807, 2.05) is 0 Å². The number of unbranched alkanes of at least 4 members (excludes halogenated alkanes) is 26. The Labute approximate surface area is 415 Å². The molecule has 0 aromatic heterocycles. The van der Waals surface area contributed by atoms with Gasteiger partial charge in [0, 0.05) is 19.3 Å². The van der Waals surface area contributed by atoms with Crippen molar-refractivity contribution >= 4 is 25.7 Å². The molecule has 0 aromatic carbocycles. The highest BCUT2D eigenvalue weighted by Crippen LogP contribution is 2.43. The number of carbonyl (C=O) groups is 3. The first-order chi connectivity index (χ1) is 33.2.